The molecule has 100 valence electrons. The van der Waals surface area contributed by atoms with Crippen LogP contribution in [0.5, 0.6) is 0 Å². The maximum Gasteiger partial charge on any atom is 0.0371 e. The number of nitrogens with two attached hydrogens (primary N) is 1. The third kappa shape index (κ3) is 4.08. The maximum atomic E-state index is 6.06. The Morgan fingerprint density at radius 3 is 2.42 bits per heavy atom. The molecule has 2 aromatic rings. The molecule has 0 spiro atoms. The van der Waals surface area contributed by atoms with Crippen LogP contribution in [0.4, 0.5) is 5.69 Å². The lowest BCUT2D eigenvalue weighted by molar-refractivity contribution is 0.272. The summed E-state index contributed by atoms with van der Waals surface area (Å²) in [5, 5.41) is 0. The van der Waals surface area contributed by atoms with E-state index in [1.54, 1.807) is 0 Å². The fraction of sp³-hybridized carbons (Fsp3) is 0.250. The van der Waals surface area contributed by atoms with Gasteiger partial charge in [0.15, 0.2) is 0 Å². The SMILES string of the molecule is CCN(Cc1ccccc1)Cc1ccc(Br)cc1N. The van der Waals surface area contributed by atoms with Crippen LogP contribution in [0, 0.1) is 0 Å². The Kier molecular flexibility index (Phi) is 5.00. The van der Waals surface area contributed by atoms with Gasteiger partial charge in [0.05, 0.1) is 0 Å². The predicted octanol–water partition coefficient (Wildman–Crippen LogP) is 4.05. The topological polar surface area (TPSA) is 29.3 Å². The molecule has 0 aromatic heterocycles. The van der Waals surface area contributed by atoms with Gasteiger partial charge in [-0.05, 0) is 29.8 Å². The monoisotopic (exact) mass is 318 g/mol. The summed E-state index contributed by atoms with van der Waals surface area (Å²) in [4.78, 5) is 2.38. The van der Waals surface area contributed by atoms with Crippen molar-refractivity contribution in [1.82, 2.24) is 4.90 Å². The molecular formula is C16H19BrN2. The molecule has 0 fully saturated rings. The highest BCUT2D eigenvalue weighted by Gasteiger charge is 2.07. The van der Waals surface area contributed by atoms with Gasteiger partial charge in [0, 0.05) is 23.2 Å². The minimum Gasteiger partial charge on any atom is -0.398 e. The van der Waals surface area contributed by atoms with E-state index >= 15 is 0 Å². The molecule has 0 bridgehead atoms. The highest BCUT2D eigenvalue weighted by atomic mass is 79.9. The van der Waals surface area contributed by atoms with Crippen molar-refractivity contribution in [3.05, 3.63) is 64.1 Å². The van der Waals surface area contributed by atoms with E-state index in [0.29, 0.717) is 0 Å². The minimum absolute atomic E-state index is 0.848. The molecule has 0 aliphatic heterocycles. The average molecular weight is 319 g/mol. The van der Waals surface area contributed by atoms with Gasteiger partial charge >= 0.3 is 0 Å². The van der Waals surface area contributed by atoms with E-state index < -0.39 is 0 Å². The standard InChI is InChI=1S/C16H19BrN2/c1-2-19(11-13-6-4-3-5-7-13)12-14-8-9-15(17)10-16(14)18/h3-10H,2,11-12,18H2,1H3. The summed E-state index contributed by atoms with van der Waals surface area (Å²) >= 11 is 3.44. The van der Waals surface area contributed by atoms with Crippen LogP contribution in [-0.2, 0) is 13.1 Å². The second-order valence-corrected chi connectivity index (χ2v) is 5.55. The zero-order valence-electron chi connectivity index (χ0n) is 11.1. The summed E-state index contributed by atoms with van der Waals surface area (Å²) in [6.45, 7) is 5.01. The van der Waals surface area contributed by atoms with Crippen LogP contribution in [0.25, 0.3) is 0 Å². The van der Waals surface area contributed by atoms with E-state index in [0.717, 1.165) is 29.8 Å². The largest absolute Gasteiger partial charge is 0.398 e. The molecular weight excluding hydrogens is 300 g/mol. The second kappa shape index (κ2) is 6.73. The van der Waals surface area contributed by atoms with Gasteiger partial charge in [-0.25, -0.2) is 0 Å². The summed E-state index contributed by atoms with van der Waals surface area (Å²) in [6.07, 6.45) is 0. The molecule has 2 N–H and O–H groups in total. The summed E-state index contributed by atoms with van der Waals surface area (Å²) in [6, 6.07) is 16.6. The van der Waals surface area contributed by atoms with Crippen molar-refractivity contribution in [2.45, 2.75) is 20.0 Å². The van der Waals surface area contributed by atoms with Gasteiger partial charge in [0.2, 0.25) is 0 Å². The lowest BCUT2D eigenvalue weighted by Crippen LogP contribution is -2.22. The lowest BCUT2D eigenvalue weighted by Gasteiger charge is -2.21. The van der Waals surface area contributed by atoms with Crippen LogP contribution in [-0.4, -0.2) is 11.4 Å². The predicted molar refractivity (Wildman–Crippen MR) is 84.8 cm³/mol. The van der Waals surface area contributed by atoms with E-state index in [1.165, 1.54) is 11.1 Å². The number of benzene rings is 2. The quantitative estimate of drug-likeness (QED) is 0.842. The van der Waals surface area contributed by atoms with Gasteiger partial charge in [0.25, 0.3) is 0 Å². The molecule has 2 aromatic carbocycles. The fourth-order valence-electron chi connectivity index (χ4n) is 2.07. The van der Waals surface area contributed by atoms with E-state index in [4.69, 9.17) is 5.73 Å². The van der Waals surface area contributed by atoms with Crippen LogP contribution in [0.15, 0.2) is 53.0 Å². The molecule has 0 atom stereocenters. The average Bonchev–Trinajstić information content (AvgIpc) is 2.42. The Balaban J connectivity index is 2.06. The summed E-state index contributed by atoms with van der Waals surface area (Å²) < 4.78 is 1.03. The van der Waals surface area contributed by atoms with Crippen molar-refractivity contribution in [3.63, 3.8) is 0 Å². The Morgan fingerprint density at radius 2 is 1.79 bits per heavy atom. The van der Waals surface area contributed by atoms with Crippen LogP contribution in [0.3, 0.4) is 0 Å². The van der Waals surface area contributed by atoms with Gasteiger partial charge in [-0.1, -0.05) is 59.3 Å². The fourth-order valence-corrected chi connectivity index (χ4v) is 2.45. The molecule has 2 nitrogen and oxygen atoms in total. The molecule has 0 aliphatic carbocycles. The molecule has 0 heterocycles. The van der Waals surface area contributed by atoms with Gasteiger partial charge in [-0.3, -0.25) is 4.90 Å². The first kappa shape index (κ1) is 14.1. The highest BCUT2D eigenvalue weighted by Crippen LogP contribution is 2.20. The smallest absolute Gasteiger partial charge is 0.0371 e. The summed E-state index contributed by atoms with van der Waals surface area (Å²) in [7, 11) is 0. The van der Waals surface area contributed by atoms with Crippen LogP contribution >= 0.6 is 15.9 Å². The van der Waals surface area contributed by atoms with E-state index in [2.05, 4.69) is 58.1 Å². The molecule has 0 aliphatic rings. The molecule has 0 saturated carbocycles. The normalized spacial score (nSPS) is 10.9. The van der Waals surface area contributed by atoms with Gasteiger partial charge < -0.3 is 5.73 Å². The first-order chi connectivity index (χ1) is 9.19. The van der Waals surface area contributed by atoms with Crippen molar-refractivity contribution in [1.29, 1.82) is 0 Å². The van der Waals surface area contributed by atoms with Crippen LogP contribution in [0.1, 0.15) is 18.1 Å². The van der Waals surface area contributed by atoms with Crippen molar-refractivity contribution >= 4 is 21.6 Å². The Morgan fingerprint density at radius 1 is 1.05 bits per heavy atom. The maximum absolute atomic E-state index is 6.06. The zero-order chi connectivity index (χ0) is 13.7. The zero-order valence-corrected chi connectivity index (χ0v) is 12.7. The molecule has 0 saturated heterocycles. The van der Waals surface area contributed by atoms with E-state index in [1.807, 2.05) is 18.2 Å². The number of nitrogens with zero attached hydrogens (tertiary/aromatic N) is 1. The van der Waals surface area contributed by atoms with Crippen molar-refractivity contribution < 1.29 is 0 Å². The van der Waals surface area contributed by atoms with Gasteiger partial charge in [-0.15, -0.1) is 0 Å². The number of anilines is 1. The number of hydrogen-bond acceptors (Lipinski definition) is 2. The first-order valence-electron chi connectivity index (χ1n) is 6.49. The Bertz CT molecular complexity index is 526. The van der Waals surface area contributed by atoms with Crippen molar-refractivity contribution in [2.75, 3.05) is 12.3 Å². The third-order valence-electron chi connectivity index (χ3n) is 3.20. The summed E-state index contributed by atoms with van der Waals surface area (Å²) in [5.74, 6) is 0. The van der Waals surface area contributed by atoms with Crippen LogP contribution < -0.4 is 5.73 Å². The minimum atomic E-state index is 0.848. The molecule has 0 unspecified atom stereocenters. The van der Waals surface area contributed by atoms with Crippen LogP contribution in [0.2, 0.25) is 0 Å². The van der Waals surface area contributed by atoms with Crippen molar-refractivity contribution in [3.8, 4) is 0 Å². The Labute approximate surface area is 123 Å². The second-order valence-electron chi connectivity index (χ2n) is 4.63. The van der Waals surface area contributed by atoms with E-state index in [9.17, 15) is 0 Å². The Hall–Kier alpha value is -1.32. The number of nitrogen functional groups attached to an aromatic ring is 1. The third-order valence-corrected chi connectivity index (χ3v) is 3.69. The lowest BCUT2D eigenvalue weighted by atomic mass is 10.1. The van der Waals surface area contributed by atoms with Gasteiger partial charge in [-0.2, -0.15) is 0 Å². The molecule has 0 radical (unpaired) electrons. The molecule has 19 heavy (non-hydrogen) atoms. The first-order valence-corrected chi connectivity index (χ1v) is 7.28. The van der Waals surface area contributed by atoms with Crippen molar-refractivity contribution in [2.24, 2.45) is 0 Å². The number of halogens is 1. The highest BCUT2D eigenvalue weighted by molar-refractivity contribution is 9.10. The molecule has 2 rings (SSSR count). The van der Waals surface area contributed by atoms with Gasteiger partial charge in [0.1, 0.15) is 0 Å². The van der Waals surface area contributed by atoms with E-state index in [-0.39, 0.29) is 0 Å². The molecule has 3 heteroatoms. The molecule has 0 amide bonds. The number of hydrogen-bond donors (Lipinski definition) is 1. The summed E-state index contributed by atoms with van der Waals surface area (Å²) in [5.41, 5.74) is 9.42. The number of rotatable bonds is 5.